The Kier molecular flexibility index (Phi) is 5.89. The second-order valence-electron chi connectivity index (χ2n) is 8.87. The number of hydrogen-bond acceptors (Lipinski definition) is 5. The summed E-state index contributed by atoms with van der Waals surface area (Å²) >= 11 is 1.70. The number of aryl methyl sites for hydroxylation is 3. The molecule has 1 aliphatic heterocycles. The molecule has 2 aromatic carbocycles. The quantitative estimate of drug-likeness (QED) is 0.444. The molecule has 33 heavy (non-hydrogen) atoms. The van der Waals surface area contributed by atoms with Crippen molar-refractivity contribution in [3.63, 3.8) is 0 Å². The lowest BCUT2D eigenvalue weighted by Crippen LogP contribution is -2.36. The molecule has 2 aromatic heterocycles. The van der Waals surface area contributed by atoms with Gasteiger partial charge in [-0.25, -0.2) is 4.68 Å². The highest BCUT2D eigenvalue weighted by Gasteiger charge is 2.23. The Morgan fingerprint density at radius 2 is 1.79 bits per heavy atom. The van der Waals surface area contributed by atoms with E-state index in [0.29, 0.717) is 6.42 Å². The molecule has 6 nitrogen and oxygen atoms in total. The zero-order chi connectivity index (χ0) is 22.9. The van der Waals surface area contributed by atoms with Crippen molar-refractivity contribution < 1.29 is 4.79 Å². The first-order valence-corrected chi connectivity index (χ1v) is 12.3. The number of thiazole rings is 1. The van der Waals surface area contributed by atoms with Crippen LogP contribution in [0.15, 0.2) is 48.5 Å². The lowest BCUT2D eigenvalue weighted by Gasteiger charge is -2.22. The zero-order valence-corrected chi connectivity index (χ0v) is 20.2. The van der Waals surface area contributed by atoms with Crippen LogP contribution < -0.4 is 4.90 Å². The molecule has 0 radical (unpaired) electrons. The Morgan fingerprint density at radius 3 is 2.58 bits per heavy atom. The van der Waals surface area contributed by atoms with E-state index in [2.05, 4.69) is 55.1 Å². The average molecular weight is 460 g/mol. The van der Waals surface area contributed by atoms with Gasteiger partial charge in [-0.1, -0.05) is 58.9 Å². The lowest BCUT2D eigenvalue weighted by atomic mass is 10.1. The molecule has 0 saturated carbocycles. The first-order valence-electron chi connectivity index (χ1n) is 11.5. The third-order valence-electron chi connectivity index (χ3n) is 6.21. The minimum absolute atomic E-state index is 0.206. The summed E-state index contributed by atoms with van der Waals surface area (Å²) in [6, 6.07) is 16.6. The number of anilines is 1. The van der Waals surface area contributed by atoms with Crippen LogP contribution >= 0.6 is 11.3 Å². The monoisotopic (exact) mass is 459 g/mol. The topological polar surface area (TPSA) is 54.3 Å². The van der Waals surface area contributed by atoms with Crippen LogP contribution in [-0.2, 0) is 11.2 Å². The van der Waals surface area contributed by atoms with Crippen LogP contribution in [-0.4, -0.2) is 51.8 Å². The molecule has 0 bridgehead atoms. The van der Waals surface area contributed by atoms with Gasteiger partial charge in [0.1, 0.15) is 0 Å². The summed E-state index contributed by atoms with van der Waals surface area (Å²) in [5.74, 6) is 0.206. The van der Waals surface area contributed by atoms with E-state index in [9.17, 15) is 4.79 Å². The number of aromatic nitrogens is 3. The molecule has 3 heterocycles. The highest BCUT2D eigenvalue weighted by Crippen LogP contribution is 2.33. The molecule has 1 fully saturated rings. The molecule has 7 heteroatoms. The largest absolute Gasteiger partial charge is 0.346 e. The fraction of sp³-hybridized carbons (Fsp3) is 0.346. The third-order valence-corrected chi connectivity index (χ3v) is 7.43. The van der Waals surface area contributed by atoms with Crippen LogP contribution in [0.4, 0.5) is 5.13 Å². The van der Waals surface area contributed by atoms with E-state index in [1.807, 2.05) is 28.6 Å². The first kappa shape index (κ1) is 21.6. The number of amides is 1. The van der Waals surface area contributed by atoms with Gasteiger partial charge in [0, 0.05) is 26.2 Å². The van der Waals surface area contributed by atoms with Crippen molar-refractivity contribution in [3.8, 4) is 5.69 Å². The molecular formula is C26H29N5OS. The van der Waals surface area contributed by atoms with Gasteiger partial charge in [0.2, 0.25) is 5.91 Å². The van der Waals surface area contributed by atoms with E-state index >= 15 is 0 Å². The molecule has 0 N–H and O–H groups in total. The molecule has 1 amide bonds. The van der Waals surface area contributed by atoms with Crippen molar-refractivity contribution in [1.82, 2.24) is 19.7 Å². The Labute approximate surface area is 198 Å². The van der Waals surface area contributed by atoms with Gasteiger partial charge in [-0.3, -0.25) is 4.79 Å². The van der Waals surface area contributed by atoms with E-state index in [4.69, 9.17) is 10.1 Å². The fourth-order valence-corrected chi connectivity index (χ4v) is 5.43. The third kappa shape index (κ3) is 4.50. The van der Waals surface area contributed by atoms with Crippen molar-refractivity contribution in [1.29, 1.82) is 0 Å². The molecule has 1 saturated heterocycles. The Balaban J connectivity index is 1.32. The average Bonchev–Trinajstić information content (AvgIpc) is 3.25. The summed E-state index contributed by atoms with van der Waals surface area (Å²) in [7, 11) is 0. The van der Waals surface area contributed by atoms with Crippen LogP contribution in [0, 0.1) is 20.8 Å². The van der Waals surface area contributed by atoms with Gasteiger partial charge in [-0.15, -0.1) is 0 Å². The highest BCUT2D eigenvalue weighted by atomic mass is 32.1. The van der Waals surface area contributed by atoms with Crippen molar-refractivity contribution in [3.05, 3.63) is 70.9 Å². The maximum atomic E-state index is 12.9. The summed E-state index contributed by atoms with van der Waals surface area (Å²) in [6.45, 7) is 9.42. The van der Waals surface area contributed by atoms with Gasteiger partial charge in [-0.05, 0) is 44.9 Å². The van der Waals surface area contributed by atoms with Crippen LogP contribution in [0.25, 0.3) is 16.0 Å². The maximum absolute atomic E-state index is 12.9. The van der Waals surface area contributed by atoms with Gasteiger partial charge in [-0.2, -0.15) is 10.1 Å². The summed E-state index contributed by atoms with van der Waals surface area (Å²) in [6.07, 6.45) is 1.41. The van der Waals surface area contributed by atoms with Crippen molar-refractivity contribution >= 4 is 32.7 Å². The Morgan fingerprint density at radius 1 is 0.970 bits per heavy atom. The number of carbonyl (C=O) groups excluding carboxylic acids is 1. The van der Waals surface area contributed by atoms with E-state index in [1.165, 1.54) is 11.1 Å². The summed E-state index contributed by atoms with van der Waals surface area (Å²) in [4.78, 5) is 22.2. The van der Waals surface area contributed by atoms with Crippen LogP contribution in [0.1, 0.15) is 28.8 Å². The van der Waals surface area contributed by atoms with Crippen LogP contribution in [0.2, 0.25) is 0 Å². The minimum atomic E-state index is 0.206. The minimum Gasteiger partial charge on any atom is -0.346 e. The lowest BCUT2D eigenvalue weighted by molar-refractivity contribution is -0.130. The zero-order valence-electron chi connectivity index (χ0n) is 19.4. The van der Waals surface area contributed by atoms with Crippen LogP contribution in [0.3, 0.4) is 0 Å². The number of carbonyl (C=O) groups is 1. The molecule has 170 valence electrons. The predicted octanol–water partition coefficient (Wildman–Crippen LogP) is 4.69. The second kappa shape index (κ2) is 8.98. The Hall–Kier alpha value is -3.19. The molecule has 0 atom stereocenters. The van der Waals surface area contributed by atoms with Crippen LogP contribution in [0.5, 0.6) is 0 Å². The predicted molar refractivity (Wildman–Crippen MR) is 135 cm³/mol. The molecule has 4 aromatic rings. The second-order valence-corrected chi connectivity index (χ2v) is 9.85. The van der Waals surface area contributed by atoms with Gasteiger partial charge < -0.3 is 9.80 Å². The molecule has 5 rings (SSSR count). The molecular weight excluding hydrogens is 430 g/mol. The molecule has 0 aliphatic carbocycles. The number of hydrogen-bond donors (Lipinski definition) is 0. The number of benzene rings is 2. The smallest absolute Gasteiger partial charge is 0.227 e. The normalized spacial score (nSPS) is 14.6. The van der Waals surface area contributed by atoms with Gasteiger partial charge >= 0.3 is 0 Å². The Bertz CT molecular complexity index is 1290. The van der Waals surface area contributed by atoms with E-state index in [0.717, 1.165) is 65.0 Å². The van der Waals surface area contributed by atoms with Gasteiger partial charge in [0.15, 0.2) is 10.8 Å². The van der Waals surface area contributed by atoms with E-state index in [-0.39, 0.29) is 5.91 Å². The summed E-state index contributed by atoms with van der Waals surface area (Å²) in [5, 5.41) is 5.74. The number of fused-ring (bicyclic) bond motifs is 1. The summed E-state index contributed by atoms with van der Waals surface area (Å²) < 4.78 is 3.07. The maximum Gasteiger partial charge on any atom is 0.227 e. The summed E-state index contributed by atoms with van der Waals surface area (Å²) in [5.41, 5.74) is 6.44. The van der Waals surface area contributed by atoms with Gasteiger partial charge in [0.25, 0.3) is 0 Å². The van der Waals surface area contributed by atoms with Crippen molar-refractivity contribution in [2.24, 2.45) is 0 Å². The van der Waals surface area contributed by atoms with Crippen molar-refractivity contribution in [2.45, 2.75) is 33.6 Å². The standard InChI is InChI=1S/C26H29N5OS/c1-18-8-10-22(11-9-18)31-25-24(20(3)28-31)33-26(27-25)30-13-5-12-29(14-15-30)23(32)17-21-7-4-6-19(2)16-21/h4,6-11,16H,5,12-15,17H2,1-3H3. The number of rotatable bonds is 4. The van der Waals surface area contributed by atoms with Crippen molar-refractivity contribution in [2.75, 3.05) is 31.1 Å². The number of nitrogens with zero attached hydrogens (tertiary/aromatic N) is 5. The fourth-order valence-electron chi connectivity index (χ4n) is 4.39. The van der Waals surface area contributed by atoms with Gasteiger partial charge in [0.05, 0.1) is 22.5 Å². The first-order chi connectivity index (χ1) is 16.0. The highest BCUT2D eigenvalue weighted by molar-refractivity contribution is 7.22. The molecule has 0 spiro atoms. The molecule has 0 unspecified atom stereocenters. The van der Waals surface area contributed by atoms with E-state index < -0.39 is 0 Å². The molecule has 1 aliphatic rings. The van der Waals surface area contributed by atoms with E-state index in [1.54, 1.807) is 11.3 Å². The SMILES string of the molecule is Cc1ccc(-n2nc(C)c3sc(N4CCCN(C(=O)Cc5cccc(C)c5)CC4)nc32)cc1.